The molecule has 0 radical (unpaired) electrons. The average Bonchev–Trinajstić information content (AvgIpc) is 3.20. The van der Waals surface area contributed by atoms with Crippen LogP contribution in [0.15, 0.2) is 36.5 Å². The lowest BCUT2D eigenvalue weighted by Crippen LogP contribution is -2.22. The third kappa shape index (κ3) is 5.55. The maximum atomic E-state index is 13.1. The number of carbonyl (C=O) groups is 1. The molecule has 0 unspecified atom stereocenters. The van der Waals surface area contributed by atoms with Gasteiger partial charge in [-0.1, -0.05) is 0 Å². The molecule has 162 valence electrons. The topological polar surface area (TPSA) is 54.5 Å². The van der Waals surface area contributed by atoms with Gasteiger partial charge in [-0.05, 0) is 37.1 Å². The Morgan fingerprint density at radius 2 is 1.77 bits per heavy atom. The molecular formula is C19H17F6N3O2. The van der Waals surface area contributed by atoms with Crippen molar-refractivity contribution in [3.05, 3.63) is 47.7 Å². The predicted octanol–water partition coefficient (Wildman–Crippen LogP) is 4.89. The third-order valence-electron chi connectivity index (χ3n) is 4.40. The molecule has 0 bridgehead atoms. The molecule has 2 aromatic rings. The molecule has 1 aliphatic heterocycles. The molecule has 0 spiro atoms. The molecular weight excluding hydrogens is 416 g/mol. The molecule has 11 heteroatoms. The Hall–Kier alpha value is -2.98. The van der Waals surface area contributed by atoms with Crippen LogP contribution in [-0.4, -0.2) is 36.8 Å². The molecule has 2 heterocycles. The quantitative estimate of drug-likeness (QED) is 0.682. The van der Waals surface area contributed by atoms with Crippen molar-refractivity contribution in [1.82, 2.24) is 4.98 Å². The molecule has 1 aromatic heterocycles. The van der Waals surface area contributed by atoms with Crippen LogP contribution in [0.1, 0.15) is 28.8 Å². The highest BCUT2D eigenvalue weighted by Crippen LogP contribution is 2.36. The first-order valence-electron chi connectivity index (χ1n) is 8.96. The zero-order valence-electron chi connectivity index (χ0n) is 15.5. The summed E-state index contributed by atoms with van der Waals surface area (Å²) < 4.78 is 80.3. The van der Waals surface area contributed by atoms with Gasteiger partial charge in [0.2, 0.25) is 5.88 Å². The molecule has 1 amide bonds. The van der Waals surface area contributed by atoms with Crippen LogP contribution in [-0.2, 0) is 6.18 Å². The Labute approximate surface area is 167 Å². The van der Waals surface area contributed by atoms with Crippen LogP contribution in [0.4, 0.5) is 37.7 Å². The minimum atomic E-state index is -4.58. The number of pyridine rings is 1. The number of aromatic nitrogens is 1. The number of nitrogens with zero attached hydrogens (tertiary/aromatic N) is 2. The Morgan fingerprint density at radius 1 is 1.07 bits per heavy atom. The maximum absolute atomic E-state index is 13.1. The third-order valence-corrected chi connectivity index (χ3v) is 4.40. The second-order valence-electron chi connectivity index (χ2n) is 6.67. The molecule has 0 aliphatic carbocycles. The second kappa shape index (κ2) is 8.41. The molecule has 1 aliphatic rings. The minimum Gasteiger partial charge on any atom is -0.468 e. The van der Waals surface area contributed by atoms with Gasteiger partial charge in [-0.15, -0.1) is 0 Å². The number of anilines is 2. The predicted molar refractivity (Wildman–Crippen MR) is 96.6 cm³/mol. The van der Waals surface area contributed by atoms with E-state index in [4.69, 9.17) is 0 Å². The van der Waals surface area contributed by atoms with Crippen molar-refractivity contribution >= 4 is 17.3 Å². The van der Waals surface area contributed by atoms with Crippen LogP contribution in [0.25, 0.3) is 0 Å². The number of hydrogen-bond donors (Lipinski definition) is 1. The zero-order chi connectivity index (χ0) is 21.9. The summed E-state index contributed by atoms with van der Waals surface area (Å²) in [5, 5.41) is 2.45. The first-order chi connectivity index (χ1) is 14.0. The molecule has 0 saturated carbocycles. The Bertz CT molecular complexity index is 891. The summed E-state index contributed by atoms with van der Waals surface area (Å²) in [5.41, 5.74) is -0.491. The van der Waals surface area contributed by atoms with Crippen molar-refractivity contribution in [3.8, 4) is 5.88 Å². The van der Waals surface area contributed by atoms with E-state index in [0.29, 0.717) is 18.8 Å². The summed E-state index contributed by atoms with van der Waals surface area (Å²) >= 11 is 0. The molecule has 3 rings (SSSR count). The molecule has 0 atom stereocenters. The lowest BCUT2D eigenvalue weighted by atomic mass is 10.1. The van der Waals surface area contributed by atoms with E-state index in [1.165, 1.54) is 12.1 Å². The van der Waals surface area contributed by atoms with Crippen molar-refractivity contribution in [2.24, 2.45) is 0 Å². The van der Waals surface area contributed by atoms with Gasteiger partial charge in [0.25, 0.3) is 5.91 Å². The summed E-state index contributed by atoms with van der Waals surface area (Å²) in [6.07, 6.45) is -6.35. The van der Waals surface area contributed by atoms with E-state index in [2.05, 4.69) is 15.0 Å². The number of amides is 1. The Kier molecular flexibility index (Phi) is 6.09. The van der Waals surface area contributed by atoms with Crippen molar-refractivity contribution in [2.45, 2.75) is 25.2 Å². The van der Waals surface area contributed by atoms with E-state index < -0.39 is 30.4 Å². The number of hydrogen-bond acceptors (Lipinski definition) is 4. The largest absolute Gasteiger partial charge is 0.468 e. The van der Waals surface area contributed by atoms with Crippen LogP contribution in [0.2, 0.25) is 0 Å². The second-order valence-corrected chi connectivity index (χ2v) is 6.67. The monoisotopic (exact) mass is 433 g/mol. The number of halogens is 6. The Balaban J connectivity index is 1.79. The summed E-state index contributed by atoms with van der Waals surface area (Å²) in [6, 6.07) is 5.39. The summed E-state index contributed by atoms with van der Waals surface area (Å²) in [6.45, 7) is -0.225. The number of benzene rings is 1. The van der Waals surface area contributed by atoms with Gasteiger partial charge in [0.15, 0.2) is 6.61 Å². The SMILES string of the molecule is O=C(Nc1cc(C(F)(F)F)ccc1N1CCCC1)c1ccc(OCC(F)(F)F)nc1. The average molecular weight is 433 g/mol. The van der Waals surface area contributed by atoms with Crippen LogP contribution < -0.4 is 15.0 Å². The molecule has 5 nitrogen and oxygen atoms in total. The minimum absolute atomic E-state index is 0.00544. The van der Waals surface area contributed by atoms with E-state index in [9.17, 15) is 31.1 Å². The van der Waals surface area contributed by atoms with E-state index in [1.54, 1.807) is 0 Å². The standard InChI is InChI=1S/C19H17F6N3O2/c20-18(21,22)11-30-16-6-3-12(10-26-16)17(29)27-14-9-13(19(23,24)25)4-5-15(14)28-7-1-2-8-28/h3-6,9-10H,1-2,7-8,11H2,(H,27,29). The van der Waals surface area contributed by atoms with Crippen molar-refractivity contribution in [3.63, 3.8) is 0 Å². The molecule has 1 aromatic carbocycles. The van der Waals surface area contributed by atoms with Gasteiger partial charge in [-0.25, -0.2) is 4.98 Å². The number of nitrogens with one attached hydrogen (secondary N) is 1. The smallest absolute Gasteiger partial charge is 0.422 e. The lowest BCUT2D eigenvalue weighted by molar-refractivity contribution is -0.154. The summed E-state index contributed by atoms with van der Waals surface area (Å²) in [7, 11) is 0. The number of ether oxygens (including phenoxy) is 1. The fourth-order valence-electron chi connectivity index (χ4n) is 3.00. The van der Waals surface area contributed by atoms with Crippen LogP contribution in [0, 0.1) is 0 Å². The zero-order valence-corrected chi connectivity index (χ0v) is 15.5. The van der Waals surface area contributed by atoms with Gasteiger partial charge in [-0.3, -0.25) is 4.79 Å². The van der Waals surface area contributed by atoms with Crippen molar-refractivity contribution < 1.29 is 35.9 Å². The summed E-state index contributed by atoms with van der Waals surface area (Å²) in [5.74, 6) is -1.08. The van der Waals surface area contributed by atoms with Crippen LogP contribution in [0.5, 0.6) is 5.88 Å². The highest BCUT2D eigenvalue weighted by molar-refractivity contribution is 6.05. The molecule has 30 heavy (non-hydrogen) atoms. The number of alkyl halides is 6. The van der Waals surface area contributed by atoms with E-state index >= 15 is 0 Å². The number of carbonyl (C=O) groups excluding carboxylic acids is 1. The fourth-order valence-corrected chi connectivity index (χ4v) is 3.00. The molecule has 1 saturated heterocycles. The van der Waals surface area contributed by atoms with Gasteiger partial charge in [0.05, 0.1) is 22.5 Å². The maximum Gasteiger partial charge on any atom is 0.422 e. The van der Waals surface area contributed by atoms with Gasteiger partial charge < -0.3 is 15.0 Å². The highest BCUT2D eigenvalue weighted by Gasteiger charge is 2.32. The van der Waals surface area contributed by atoms with Gasteiger partial charge >= 0.3 is 12.4 Å². The van der Waals surface area contributed by atoms with Crippen LogP contribution >= 0.6 is 0 Å². The Morgan fingerprint density at radius 3 is 2.33 bits per heavy atom. The lowest BCUT2D eigenvalue weighted by Gasteiger charge is -2.23. The van der Waals surface area contributed by atoms with E-state index in [-0.39, 0.29) is 17.1 Å². The van der Waals surface area contributed by atoms with Gasteiger partial charge in [-0.2, -0.15) is 26.3 Å². The molecule has 1 fully saturated rings. The van der Waals surface area contributed by atoms with Gasteiger partial charge in [0.1, 0.15) is 0 Å². The van der Waals surface area contributed by atoms with E-state index in [1.807, 2.05) is 4.90 Å². The van der Waals surface area contributed by atoms with Gasteiger partial charge in [0, 0.05) is 25.4 Å². The first-order valence-corrected chi connectivity index (χ1v) is 8.96. The van der Waals surface area contributed by atoms with E-state index in [0.717, 1.165) is 37.2 Å². The normalized spacial score (nSPS) is 14.7. The first kappa shape index (κ1) is 21.7. The van der Waals surface area contributed by atoms with Crippen molar-refractivity contribution in [1.29, 1.82) is 0 Å². The highest BCUT2D eigenvalue weighted by atomic mass is 19.4. The number of rotatable bonds is 5. The molecule has 1 N–H and O–H groups in total. The van der Waals surface area contributed by atoms with Crippen molar-refractivity contribution in [2.75, 3.05) is 29.9 Å². The van der Waals surface area contributed by atoms with Crippen LogP contribution in [0.3, 0.4) is 0 Å². The summed E-state index contributed by atoms with van der Waals surface area (Å²) in [4.78, 5) is 18.0. The fraction of sp³-hybridized carbons (Fsp3) is 0.368.